The number of ether oxygens (including phenoxy) is 2. The van der Waals surface area contributed by atoms with Crippen LogP contribution in [0.15, 0.2) is 35.5 Å². The van der Waals surface area contributed by atoms with Gasteiger partial charge in [-0.05, 0) is 51.5 Å². The van der Waals surface area contributed by atoms with Gasteiger partial charge in [-0.2, -0.15) is 0 Å². The van der Waals surface area contributed by atoms with Crippen molar-refractivity contribution in [2.75, 3.05) is 6.61 Å². The maximum atomic E-state index is 13.0. The minimum atomic E-state index is -0.600. The second kappa shape index (κ2) is 8.46. The molecule has 6 nitrogen and oxygen atoms in total. The van der Waals surface area contributed by atoms with Gasteiger partial charge in [0.05, 0.1) is 18.2 Å². The summed E-state index contributed by atoms with van der Waals surface area (Å²) in [7, 11) is 0. The molecule has 0 saturated heterocycles. The number of allylic oxidation sites excluding steroid dienone is 1. The van der Waals surface area contributed by atoms with Gasteiger partial charge in [-0.15, -0.1) is 0 Å². The number of hydrogen-bond donors (Lipinski definition) is 2. The zero-order valence-electron chi connectivity index (χ0n) is 16.2. The number of rotatable bonds is 5. The van der Waals surface area contributed by atoms with Crippen molar-refractivity contribution in [1.29, 1.82) is 0 Å². The molecular formula is C21H28N2O4. The molecule has 2 N–H and O–H groups in total. The van der Waals surface area contributed by atoms with Crippen molar-refractivity contribution in [1.82, 2.24) is 10.6 Å². The highest BCUT2D eigenvalue weighted by Crippen LogP contribution is 2.34. The number of carbonyl (C=O) groups is 2. The lowest BCUT2D eigenvalue weighted by atomic mass is 9.88. The van der Waals surface area contributed by atoms with Crippen molar-refractivity contribution in [3.63, 3.8) is 0 Å². The quantitative estimate of drug-likeness (QED) is 0.770. The lowest BCUT2D eigenvalue weighted by Crippen LogP contribution is -2.45. The number of carbonyl (C=O) groups excluding carboxylic acids is 2. The maximum Gasteiger partial charge on any atom is 0.338 e. The van der Waals surface area contributed by atoms with E-state index < -0.39 is 6.04 Å². The SMILES string of the molecule is CCOc1ccccc1[C@H]1NC(=O)NC(C)=C1C(=O)OC1CCC(C)CC1. The van der Waals surface area contributed by atoms with E-state index in [2.05, 4.69) is 17.6 Å². The Morgan fingerprint density at radius 3 is 2.59 bits per heavy atom. The molecule has 1 aromatic carbocycles. The van der Waals surface area contributed by atoms with Crippen LogP contribution in [-0.4, -0.2) is 24.7 Å². The first-order chi connectivity index (χ1) is 13.0. The van der Waals surface area contributed by atoms with Crippen molar-refractivity contribution >= 4 is 12.0 Å². The van der Waals surface area contributed by atoms with E-state index in [1.54, 1.807) is 6.92 Å². The predicted octanol–water partition coefficient (Wildman–Crippen LogP) is 3.84. The molecule has 0 bridgehead atoms. The lowest BCUT2D eigenvalue weighted by Gasteiger charge is -2.31. The Bertz CT molecular complexity index is 735. The first-order valence-electron chi connectivity index (χ1n) is 9.70. The molecule has 1 aliphatic heterocycles. The molecule has 3 rings (SSSR count). The molecule has 1 heterocycles. The number of amides is 2. The van der Waals surface area contributed by atoms with Crippen LogP contribution in [0.2, 0.25) is 0 Å². The number of para-hydroxylation sites is 1. The van der Waals surface area contributed by atoms with Gasteiger partial charge in [0.25, 0.3) is 0 Å². The van der Waals surface area contributed by atoms with Crippen molar-refractivity contribution in [2.24, 2.45) is 5.92 Å². The van der Waals surface area contributed by atoms with E-state index in [1.807, 2.05) is 31.2 Å². The number of urea groups is 1. The Balaban J connectivity index is 1.87. The van der Waals surface area contributed by atoms with Gasteiger partial charge in [0, 0.05) is 11.3 Å². The van der Waals surface area contributed by atoms with Gasteiger partial charge in [-0.25, -0.2) is 9.59 Å². The fourth-order valence-corrected chi connectivity index (χ4v) is 3.77. The second-order valence-corrected chi connectivity index (χ2v) is 7.33. The summed E-state index contributed by atoms with van der Waals surface area (Å²) in [6.07, 6.45) is 3.86. The molecule has 1 atom stereocenters. The van der Waals surface area contributed by atoms with E-state index in [9.17, 15) is 9.59 Å². The van der Waals surface area contributed by atoms with Crippen molar-refractivity contribution < 1.29 is 19.1 Å². The summed E-state index contributed by atoms with van der Waals surface area (Å²) in [6.45, 7) is 6.36. The Morgan fingerprint density at radius 2 is 1.89 bits per heavy atom. The van der Waals surface area contributed by atoms with Crippen LogP contribution in [0.4, 0.5) is 4.79 Å². The average molecular weight is 372 g/mol. The van der Waals surface area contributed by atoms with Crippen LogP contribution in [0, 0.1) is 5.92 Å². The number of esters is 1. The van der Waals surface area contributed by atoms with E-state index in [-0.39, 0.29) is 18.1 Å². The Morgan fingerprint density at radius 1 is 1.19 bits per heavy atom. The third kappa shape index (κ3) is 4.43. The molecule has 0 aromatic heterocycles. The standard InChI is InChI=1S/C21H28N2O4/c1-4-26-17-8-6-5-7-16(17)19-18(14(3)22-21(25)23-19)20(24)27-15-11-9-13(2)10-12-15/h5-8,13,15,19H,4,9-12H2,1-3H3,(H2,22,23,25)/t13?,15?,19-/m1/s1. The van der Waals surface area contributed by atoms with Crippen LogP contribution >= 0.6 is 0 Å². The Kier molecular flexibility index (Phi) is 6.04. The van der Waals surface area contributed by atoms with Gasteiger partial charge in [0.1, 0.15) is 11.9 Å². The average Bonchev–Trinajstić information content (AvgIpc) is 2.63. The van der Waals surface area contributed by atoms with Gasteiger partial charge in [-0.3, -0.25) is 0 Å². The van der Waals surface area contributed by atoms with E-state index in [0.717, 1.165) is 31.2 Å². The summed E-state index contributed by atoms with van der Waals surface area (Å²) < 4.78 is 11.5. The summed E-state index contributed by atoms with van der Waals surface area (Å²) in [5, 5.41) is 5.54. The topological polar surface area (TPSA) is 76.7 Å². The molecule has 2 aliphatic rings. The van der Waals surface area contributed by atoms with Crippen molar-refractivity contribution in [3.05, 3.63) is 41.1 Å². The minimum Gasteiger partial charge on any atom is -0.494 e. The minimum absolute atomic E-state index is 0.0607. The highest BCUT2D eigenvalue weighted by Gasteiger charge is 2.35. The van der Waals surface area contributed by atoms with E-state index in [4.69, 9.17) is 9.47 Å². The summed E-state index contributed by atoms with van der Waals surface area (Å²) in [5.41, 5.74) is 1.70. The Labute approximate surface area is 160 Å². The third-order valence-electron chi connectivity index (χ3n) is 5.26. The number of benzene rings is 1. The van der Waals surface area contributed by atoms with E-state index in [1.165, 1.54) is 0 Å². The van der Waals surface area contributed by atoms with Gasteiger partial charge >= 0.3 is 12.0 Å². The van der Waals surface area contributed by atoms with Gasteiger partial charge in [0.2, 0.25) is 0 Å². The fraction of sp³-hybridized carbons (Fsp3) is 0.524. The van der Waals surface area contributed by atoms with Crippen LogP contribution in [0.5, 0.6) is 5.75 Å². The second-order valence-electron chi connectivity index (χ2n) is 7.33. The molecule has 6 heteroatoms. The number of hydrogen-bond acceptors (Lipinski definition) is 4. The molecule has 146 valence electrons. The van der Waals surface area contributed by atoms with Gasteiger partial charge < -0.3 is 20.1 Å². The largest absolute Gasteiger partial charge is 0.494 e. The van der Waals surface area contributed by atoms with Crippen LogP contribution in [0.3, 0.4) is 0 Å². The Hall–Kier alpha value is -2.50. The smallest absolute Gasteiger partial charge is 0.338 e. The molecule has 1 fully saturated rings. The number of nitrogens with one attached hydrogen (secondary N) is 2. The summed E-state index contributed by atoms with van der Waals surface area (Å²) in [5.74, 6) is 0.954. The highest BCUT2D eigenvalue weighted by molar-refractivity contribution is 5.95. The summed E-state index contributed by atoms with van der Waals surface area (Å²) in [4.78, 5) is 25.1. The van der Waals surface area contributed by atoms with E-state index in [0.29, 0.717) is 29.5 Å². The normalized spacial score (nSPS) is 25.4. The fourth-order valence-electron chi connectivity index (χ4n) is 3.77. The van der Waals surface area contributed by atoms with Crippen LogP contribution in [0.25, 0.3) is 0 Å². The molecule has 1 aromatic rings. The van der Waals surface area contributed by atoms with Gasteiger partial charge in [-0.1, -0.05) is 25.1 Å². The zero-order valence-corrected chi connectivity index (χ0v) is 16.2. The molecular weight excluding hydrogens is 344 g/mol. The summed E-state index contributed by atoms with van der Waals surface area (Å²) >= 11 is 0. The van der Waals surface area contributed by atoms with Crippen LogP contribution in [0.1, 0.15) is 58.1 Å². The molecule has 0 spiro atoms. The predicted molar refractivity (Wildman–Crippen MR) is 102 cm³/mol. The van der Waals surface area contributed by atoms with Crippen molar-refractivity contribution in [2.45, 2.75) is 58.6 Å². The molecule has 27 heavy (non-hydrogen) atoms. The maximum absolute atomic E-state index is 13.0. The molecule has 1 aliphatic carbocycles. The molecule has 0 radical (unpaired) electrons. The first-order valence-corrected chi connectivity index (χ1v) is 9.70. The first kappa shape index (κ1) is 19.3. The van der Waals surface area contributed by atoms with Crippen molar-refractivity contribution in [3.8, 4) is 5.75 Å². The van der Waals surface area contributed by atoms with Crippen LogP contribution < -0.4 is 15.4 Å². The zero-order chi connectivity index (χ0) is 19.4. The van der Waals surface area contributed by atoms with Gasteiger partial charge in [0.15, 0.2) is 0 Å². The molecule has 2 amide bonds. The third-order valence-corrected chi connectivity index (χ3v) is 5.26. The van der Waals surface area contributed by atoms with Crippen LogP contribution in [-0.2, 0) is 9.53 Å². The van der Waals surface area contributed by atoms with E-state index >= 15 is 0 Å². The lowest BCUT2D eigenvalue weighted by molar-refractivity contribution is -0.146. The molecule has 0 unspecified atom stereocenters. The summed E-state index contributed by atoms with van der Waals surface area (Å²) in [6, 6.07) is 6.50. The highest BCUT2D eigenvalue weighted by atomic mass is 16.5. The molecule has 1 saturated carbocycles. The monoisotopic (exact) mass is 372 g/mol.